The summed E-state index contributed by atoms with van der Waals surface area (Å²) in [7, 11) is 0. The third-order valence-corrected chi connectivity index (χ3v) is 4.19. The number of likely N-dealkylation sites (tertiary alicyclic amines) is 1. The molecule has 0 aromatic heterocycles. The van der Waals surface area contributed by atoms with Gasteiger partial charge in [-0.1, -0.05) is 12.1 Å². The molecule has 9 heteroatoms. The summed E-state index contributed by atoms with van der Waals surface area (Å²) in [5.74, 6) is -1.03. The first-order chi connectivity index (χ1) is 11.2. The molecule has 1 fully saturated rings. The Kier molecular flexibility index (Phi) is 7.25. The summed E-state index contributed by atoms with van der Waals surface area (Å²) in [5, 5.41) is 2.28. The van der Waals surface area contributed by atoms with Gasteiger partial charge in [-0.25, -0.2) is 0 Å². The largest absolute Gasteiger partial charge is 0.417 e. The van der Waals surface area contributed by atoms with E-state index in [0.717, 1.165) is 18.6 Å². The van der Waals surface area contributed by atoms with Crippen LogP contribution in [0.25, 0.3) is 0 Å². The van der Waals surface area contributed by atoms with Crippen molar-refractivity contribution in [1.82, 2.24) is 10.2 Å². The molecule has 0 bridgehead atoms. The lowest BCUT2D eigenvalue weighted by Gasteiger charge is -2.22. The first-order valence-electron chi connectivity index (χ1n) is 7.68. The normalized spacial score (nSPS) is 20.1. The molecule has 2 rings (SSSR count). The molecule has 25 heavy (non-hydrogen) atoms. The van der Waals surface area contributed by atoms with Gasteiger partial charge in [0.15, 0.2) is 0 Å². The molecule has 1 saturated heterocycles. The number of nitrogens with zero attached hydrogens (tertiary/aromatic N) is 1. The molecular weight excluding hydrogens is 359 g/mol. The lowest BCUT2D eigenvalue weighted by Crippen LogP contribution is -2.42. The molecule has 140 valence electrons. The Balaban J connectivity index is 0.00000312. The maximum absolute atomic E-state index is 12.9. The number of carbonyl (C=O) groups excluding carboxylic acids is 2. The van der Waals surface area contributed by atoms with Crippen LogP contribution >= 0.6 is 12.4 Å². The second-order valence-corrected chi connectivity index (χ2v) is 5.96. The highest BCUT2D eigenvalue weighted by Gasteiger charge is 2.35. The molecule has 5 nitrogen and oxygen atoms in total. The molecule has 1 aliphatic rings. The topological polar surface area (TPSA) is 75.4 Å². The highest BCUT2D eigenvalue weighted by Crippen LogP contribution is 2.31. The molecule has 1 heterocycles. The van der Waals surface area contributed by atoms with E-state index >= 15 is 0 Å². The number of nitrogens with one attached hydrogen (secondary N) is 1. The summed E-state index contributed by atoms with van der Waals surface area (Å²) in [6, 6.07) is 4.49. The molecule has 1 aliphatic heterocycles. The van der Waals surface area contributed by atoms with Crippen molar-refractivity contribution in [2.24, 2.45) is 11.7 Å². The predicted octanol–water partition coefficient (Wildman–Crippen LogP) is 2.05. The third-order valence-electron chi connectivity index (χ3n) is 4.19. The monoisotopic (exact) mass is 379 g/mol. The summed E-state index contributed by atoms with van der Waals surface area (Å²) in [6.07, 6.45) is -3.84. The number of halogens is 4. The molecular formula is C16H21ClF3N3O2. The average Bonchev–Trinajstić information content (AvgIpc) is 2.92. The lowest BCUT2D eigenvalue weighted by molar-refractivity contribution is -0.137. The molecule has 1 aromatic rings. The summed E-state index contributed by atoms with van der Waals surface area (Å²) < 4.78 is 38.8. The Morgan fingerprint density at radius 2 is 1.96 bits per heavy atom. The number of hydrogen-bond donors (Lipinski definition) is 2. The van der Waals surface area contributed by atoms with Gasteiger partial charge in [-0.2, -0.15) is 13.2 Å². The van der Waals surface area contributed by atoms with E-state index in [-0.39, 0.29) is 36.8 Å². The van der Waals surface area contributed by atoms with Crippen LogP contribution in [0.2, 0.25) is 0 Å². The predicted molar refractivity (Wildman–Crippen MR) is 89.4 cm³/mol. The highest BCUT2D eigenvalue weighted by molar-refractivity contribution is 5.97. The van der Waals surface area contributed by atoms with Crippen molar-refractivity contribution in [1.29, 1.82) is 0 Å². The molecule has 0 aliphatic carbocycles. The zero-order valence-electron chi connectivity index (χ0n) is 13.7. The zero-order valence-corrected chi connectivity index (χ0v) is 14.5. The van der Waals surface area contributed by atoms with Gasteiger partial charge in [0.1, 0.15) is 0 Å². The van der Waals surface area contributed by atoms with Gasteiger partial charge in [-0.3, -0.25) is 9.59 Å². The first-order valence-corrected chi connectivity index (χ1v) is 7.68. The Morgan fingerprint density at radius 1 is 1.32 bits per heavy atom. The Hall–Kier alpha value is -1.80. The van der Waals surface area contributed by atoms with Gasteiger partial charge >= 0.3 is 6.18 Å². The van der Waals surface area contributed by atoms with Crippen molar-refractivity contribution in [2.75, 3.05) is 19.6 Å². The fourth-order valence-electron chi connectivity index (χ4n) is 2.94. The number of benzene rings is 1. The Bertz CT molecular complexity index is 625. The second-order valence-electron chi connectivity index (χ2n) is 5.96. The lowest BCUT2D eigenvalue weighted by atomic mass is 10.1. The first kappa shape index (κ1) is 21.2. The quantitative estimate of drug-likeness (QED) is 0.840. The van der Waals surface area contributed by atoms with Crippen LogP contribution in [0.5, 0.6) is 0 Å². The molecule has 0 radical (unpaired) electrons. The van der Waals surface area contributed by atoms with E-state index in [1.807, 2.05) is 6.92 Å². The van der Waals surface area contributed by atoms with Gasteiger partial charge in [0.05, 0.1) is 17.7 Å². The number of amides is 2. The van der Waals surface area contributed by atoms with E-state index in [9.17, 15) is 22.8 Å². The van der Waals surface area contributed by atoms with Crippen LogP contribution in [-0.4, -0.2) is 42.4 Å². The molecule has 3 N–H and O–H groups in total. The SMILES string of the molecule is CC1CC(CN)CN1C(=O)CNC(=O)c1ccccc1C(F)(F)F.Cl. The van der Waals surface area contributed by atoms with Gasteiger partial charge in [-0.05, 0) is 37.9 Å². The minimum absolute atomic E-state index is 0. The fraction of sp³-hybridized carbons (Fsp3) is 0.500. The van der Waals surface area contributed by atoms with E-state index in [0.29, 0.717) is 13.1 Å². The number of rotatable bonds is 4. The minimum Gasteiger partial charge on any atom is -0.343 e. The van der Waals surface area contributed by atoms with E-state index in [1.165, 1.54) is 12.1 Å². The van der Waals surface area contributed by atoms with Crippen molar-refractivity contribution >= 4 is 24.2 Å². The van der Waals surface area contributed by atoms with E-state index in [4.69, 9.17) is 5.73 Å². The standard InChI is InChI=1S/C16H20F3N3O2.ClH/c1-10-6-11(7-20)9-22(10)14(23)8-21-15(24)12-4-2-3-5-13(12)16(17,18)19;/h2-5,10-11H,6-9,20H2,1H3,(H,21,24);1H. The van der Waals surface area contributed by atoms with Gasteiger partial charge in [0.2, 0.25) is 5.91 Å². The van der Waals surface area contributed by atoms with E-state index < -0.39 is 23.2 Å². The Morgan fingerprint density at radius 3 is 2.52 bits per heavy atom. The zero-order chi connectivity index (χ0) is 17.9. The third kappa shape index (κ3) is 5.09. The number of carbonyl (C=O) groups is 2. The van der Waals surface area contributed by atoms with Crippen LogP contribution in [0, 0.1) is 5.92 Å². The van der Waals surface area contributed by atoms with Gasteiger partial charge < -0.3 is 16.0 Å². The molecule has 2 atom stereocenters. The second kappa shape index (κ2) is 8.53. The van der Waals surface area contributed by atoms with Crippen LogP contribution in [-0.2, 0) is 11.0 Å². The molecule has 0 saturated carbocycles. The van der Waals surface area contributed by atoms with Gasteiger partial charge in [0.25, 0.3) is 5.91 Å². The molecule has 0 spiro atoms. The van der Waals surface area contributed by atoms with Gasteiger partial charge in [0, 0.05) is 12.6 Å². The van der Waals surface area contributed by atoms with Crippen molar-refractivity contribution in [3.8, 4) is 0 Å². The summed E-state index contributed by atoms with van der Waals surface area (Å²) in [6.45, 7) is 2.52. The average molecular weight is 380 g/mol. The van der Waals surface area contributed by atoms with Crippen LogP contribution in [0.4, 0.5) is 13.2 Å². The molecule has 2 unspecified atom stereocenters. The van der Waals surface area contributed by atoms with Crippen molar-refractivity contribution in [2.45, 2.75) is 25.6 Å². The van der Waals surface area contributed by atoms with Crippen LogP contribution < -0.4 is 11.1 Å². The smallest absolute Gasteiger partial charge is 0.343 e. The van der Waals surface area contributed by atoms with Gasteiger partial charge in [-0.15, -0.1) is 12.4 Å². The number of alkyl halides is 3. The molecule has 2 amide bonds. The Labute approximate surface area is 150 Å². The number of hydrogen-bond acceptors (Lipinski definition) is 3. The maximum atomic E-state index is 12.9. The van der Waals surface area contributed by atoms with Crippen LogP contribution in [0.1, 0.15) is 29.3 Å². The summed E-state index contributed by atoms with van der Waals surface area (Å²) in [4.78, 5) is 25.8. The van der Waals surface area contributed by atoms with Crippen molar-refractivity contribution in [3.63, 3.8) is 0 Å². The molecule has 1 aromatic carbocycles. The maximum Gasteiger partial charge on any atom is 0.417 e. The fourth-order valence-corrected chi connectivity index (χ4v) is 2.94. The minimum atomic E-state index is -4.63. The summed E-state index contributed by atoms with van der Waals surface area (Å²) >= 11 is 0. The van der Waals surface area contributed by atoms with E-state index in [2.05, 4.69) is 5.32 Å². The van der Waals surface area contributed by atoms with Crippen LogP contribution in [0.15, 0.2) is 24.3 Å². The van der Waals surface area contributed by atoms with Crippen molar-refractivity contribution < 1.29 is 22.8 Å². The van der Waals surface area contributed by atoms with E-state index in [1.54, 1.807) is 4.90 Å². The van der Waals surface area contributed by atoms with Crippen LogP contribution in [0.3, 0.4) is 0 Å². The highest BCUT2D eigenvalue weighted by atomic mass is 35.5. The van der Waals surface area contributed by atoms with Crippen molar-refractivity contribution in [3.05, 3.63) is 35.4 Å². The summed E-state index contributed by atoms with van der Waals surface area (Å²) in [5.41, 5.74) is 4.09. The number of nitrogens with two attached hydrogens (primary N) is 1.